The molecule has 0 saturated carbocycles. The number of thioether (sulfide) groups is 1. The molecule has 0 aliphatic carbocycles. The number of aliphatic imine (C=N–C) groups is 1. The van der Waals surface area contributed by atoms with Gasteiger partial charge in [-0.05, 0) is 51.6 Å². The topological polar surface area (TPSA) is 73.8 Å². The van der Waals surface area contributed by atoms with Crippen LogP contribution in [0.25, 0.3) is 0 Å². The SMILES string of the molecule is CN=C(NCc1ccc(S(=O)(=O)N(C)C(C)C)cc1)NCC(C)(C)SC.I. The Morgan fingerprint density at radius 1 is 1.22 bits per heavy atom. The van der Waals surface area contributed by atoms with Gasteiger partial charge in [-0.3, -0.25) is 4.99 Å². The van der Waals surface area contributed by atoms with Gasteiger partial charge in [0.2, 0.25) is 10.0 Å². The van der Waals surface area contributed by atoms with Gasteiger partial charge in [0.25, 0.3) is 0 Å². The lowest BCUT2D eigenvalue weighted by atomic mass is 10.2. The number of hydrogen-bond donors (Lipinski definition) is 2. The molecule has 1 aromatic rings. The molecule has 0 unspecified atom stereocenters. The summed E-state index contributed by atoms with van der Waals surface area (Å²) in [4.78, 5) is 4.53. The zero-order valence-electron chi connectivity index (χ0n) is 17.2. The van der Waals surface area contributed by atoms with E-state index in [0.717, 1.165) is 18.1 Å². The van der Waals surface area contributed by atoms with Gasteiger partial charge in [-0.2, -0.15) is 16.1 Å². The van der Waals surface area contributed by atoms with Crippen LogP contribution in [0, 0.1) is 0 Å². The van der Waals surface area contributed by atoms with E-state index in [1.807, 2.05) is 26.0 Å². The highest BCUT2D eigenvalue weighted by Crippen LogP contribution is 2.19. The molecule has 9 heteroatoms. The zero-order chi connectivity index (χ0) is 20.0. The molecule has 0 radical (unpaired) electrons. The van der Waals surface area contributed by atoms with E-state index in [4.69, 9.17) is 0 Å². The van der Waals surface area contributed by atoms with E-state index in [0.29, 0.717) is 11.4 Å². The normalized spacial score (nSPS) is 12.9. The number of sulfonamides is 1. The van der Waals surface area contributed by atoms with Crippen LogP contribution in [-0.2, 0) is 16.6 Å². The van der Waals surface area contributed by atoms with Crippen LogP contribution in [0.5, 0.6) is 0 Å². The first-order valence-corrected chi connectivity index (χ1v) is 11.3. The van der Waals surface area contributed by atoms with Gasteiger partial charge in [-0.1, -0.05) is 12.1 Å². The van der Waals surface area contributed by atoms with E-state index in [9.17, 15) is 8.42 Å². The summed E-state index contributed by atoms with van der Waals surface area (Å²) < 4.78 is 26.5. The average Bonchev–Trinajstić information content (AvgIpc) is 2.61. The number of nitrogens with one attached hydrogen (secondary N) is 2. The van der Waals surface area contributed by atoms with Gasteiger partial charge in [0.05, 0.1) is 4.90 Å². The first-order chi connectivity index (χ1) is 12.0. The molecule has 27 heavy (non-hydrogen) atoms. The molecule has 1 aromatic carbocycles. The molecule has 1 rings (SSSR count). The lowest BCUT2D eigenvalue weighted by Gasteiger charge is -2.23. The van der Waals surface area contributed by atoms with Crippen LogP contribution in [0.4, 0.5) is 0 Å². The van der Waals surface area contributed by atoms with Crippen molar-refractivity contribution in [1.29, 1.82) is 0 Å². The van der Waals surface area contributed by atoms with Gasteiger partial charge < -0.3 is 10.6 Å². The molecular weight excluding hydrogens is 495 g/mol. The maximum absolute atomic E-state index is 12.5. The number of rotatable bonds is 8. The minimum Gasteiger partial charge on any atom is -0.355 e. The molecule has 0 aliphatic rings. The first kappa shape index (κ1) is 26.5. The van der Waals surface area contributed by atoms with Crippen molar-refractivity contribution in [2.75, 3.05) is 26.9 Å². The Balaban J connectivity index is 0.00000676. The highest BCUT2D eigenvalue weighted by Gasteiger charge is 2.22. The van der Waals surface area contributed by atoms with Crippen molar-refractivity contribution >= 4 is 51.7 Å². The van der Waals surface area contributed by atoms with Crippen molar-refractivity contribution in [3.8, 4) is 0 Å². The molecule has 156 valence electrons. The monoisotopic (exact) mass is 528 g/mol. The van der Waals surface area contributed by atoms with Crippen molar-refractivity contribution in [3.05, 3.63) is 29.8 Å². The fourth-order valence-electron chi connectivity index (χ4n) is 2.00. The van der Waals surface area contributed by atoms with Gasteiger partial charge in [0, 0.05) is 38.0 Å². The van der Waals surface area contributed by atoms with E-state index in [1.54, 1.807) is 38.0 Å². The Morgan fingerprint density at radius 3 is 2.22 bits per heavy atom. The van der Waals surface area contributed by atoms with E-state index < -0.39 is 10.0 Å². The summed E-state index contributed by atoms with van der Waals surface area (Å²) in [6.45, 7) is 9.42. The third-order valence-corrected chi connectivity index (χ3v) is 7.54. The summed E-state index contributed by atoms with van der Waals surface area (Å²) in [6, 6.07) is 6.87. The predicted octanol–water partition coefficient (Wildman–Crippen LogP) is 3.14. The van der Waals surface area contributed by atoms with Gasteiger partial charge >= 0.3 is 0 Å². The predicted molar refractivity (Wildman–Crippen MR) is 128 cm³/mol. The van der Waals surface area contributed by atoms with Gasteiger partial charge in [0.1, 0.15) is 0 Å². The van der Waals surface area contributed by atoms with Crippen LogP contribution in [0.1, 0.15) is 33.3 Å². The second-order valence-electron chi connectivity index (χ2n) is 7.00. The average molecular weight is 529 g/mol. The molecule has 0 aliphatic heterocycles. The molecule has 0 heterocycles. The number of halogens is 1. The van der Waals surface area contributed by atoms with Gasteiger partial charge in [-0.15, -0.1) is 24.0 Å². The minimum absolute atomic E-state index is 0. The van der Waals surface area contributed by atoms with Crippen molar-refractivity contribution in [2.45, 2.75) is 49.9 Å². The third-order valence-electron chi connectivity index (χ3n) is 4.25. The van der Waals surface area contributed by atoms with Crippen LogP contribution in [0.15, 0.2) is 34.2 Å². The van der Waals surface area contributed by atoms with Crippen molar-refractivity contribution in [3.63, 3.8) is 0 Å². The third kappa shape index (κ3) is 8.16. The Hall–Kier alpha value is -0.520. The van der Waals surface area contributed by atoms with E-state index >= 15 is 0 Å². The van der Waals surface area contributed by atoms with Crippen molar-refractivity contribution in [1.82, 2.24) is 14.9 Å². The van der Waals surface area contributed by atoms with Gasteiger partial charge in [0.15, 0.2) is 5.96 Å². The van der Waals surface area contributed by atoms with Crippen LogP contribution < -0.4 is 10.6 Å². The van der Waals surface area contributed by atoms with Crippen LogP contribution in [-0.4, -0.2) is 56.4 Å². The fourth-order valence-corrected chi connectivity index (χ4v) is 3.58. The zero-order valence-corrected chi connectivity index (χ0v) is 21.2. The largest absolute Gasteiger partial charge is 0.355 e. The Morgan fingerprint density at radius 2 is 1.78 bits per heavy atom. The molecule has 0 aromatic heterocycles. The molecule has 0 saturated heterocycles. The minimum atomic E-state index is -3.44. The smallest absolute Gasteiger partial charge is 0.243 e. The summed E-state index contributed by atoms with van der Waals surface area (Å²) in [5, 5.41) is 6.56. The maximum Gasteiger partial charge on any atom is 0.243 e. The number of hydrogen-bond acceptors (Lipinski definition) is 4. The summed E-state index contributed by atoms with van der Waals surface area (Å²) in [6.07, 6.45) is 2.09. The maximum atomic E-state index is 12.5. The number of benzene rings is 1. The second kappa shape index (κ2) is 11.5. The summed E-state index contributed by atoms with van der Waals surface area (Å²) in [7, 11) is -0.111. The first-order valence-electron chi connectivity index (χ1n) is 8.60. The molecule has 0 atom stereocenters. The Bertz CT molecular complexity index is 705. The number of nitrogens with zero attached hydrogens (tertiary/aromatic N) is 2. The quantitative estimate of drug-likeness (QED) is 0.308. The molecule has 0 amide bonds. The van der Waals surface area contributed by atoms with Crippen LogP contribution in [0.3, 0.4) is 0 Å². The summed E-state index contributed by atoms with van der Waals surface area (Å²) in [5.74, 6) is 0.725. The van der Waals surface area contributed by atoms with Crippen LogP contribution >= 0.6 is 35.7 Å². The summed E-state index contributed by atoms with van der Waals surface area (Å²) >= 11 is 1.80. The molecule has 0 spiro atoms. The standard InChI is InChI=1S/C18H32N4O2S2.HI/c1-14(2)22(6)26(23,24)16-10-8-15(9-11-16)12-20-17(19-5)21-13-18(3,4)25-7;/h8-11,14H,12-13H2,1-7H3,(H2,19,20,21);1H. The molecular formula is C18H33IN4O2S2. The Labute approximate surface area is 186 Å². The fraction of sp³-hybridized carbons (Fsp3) is 0.611. The van der Waals surface area contributed by atoms with E-state index in [1.165, 1.54) is 4.31 Å². The van der Waals surface area contributed by atoms with Crippen molar-refractivity contribution in [2.24, 2.45) is 4.99 Å². The lowest BCUT2D eigenvalue weighted by molar-refractivity contribution is 0.410. The van der Waals surface area contributed by atoms with E-state index in [-0.39, 0.29) is 34.8 Å². The molecule has 6 nitrogen and oxygen atoms in total. The lowest BCUT2D eigenvalue weighted by Crippen LogP contribution is -2.43. The summed E-state index contributed by atoms with van der Waals surface area (Å²) in [5.41, 5.74) is 0.989. The van der Waals surface area contributed by atoms with Crippen LogP contribution in [0.2, 0.25) is 0 Å². The Kier molecular flexibility index (Phi) is 11.3. The molecule has 0 bridgehead atoms. The molecule has 2 N–H and O–H groups in total. The highest BCUT2D eigenvalue weighted by molar-refractivity contribution is 14.0. The molecule has 0 fully saturated rings. The van der Waals surface area contributed by atoms with Crippen molar-refractivity contribution < 1.29 is 8.42 Å². The second-order valence-corrected chi connectivity index (χ2v) is 10.5. The number of guanidine groups is 1. The van der Waals surface area contributed by atoms with Gasteiger partial charge in [-0.25, -0.2) is 8.42 Å². The highest BCUT2D eigenvalue weighted by atomic mass is 127. The van der Waals surface area contributed by atoms with E-state index in [2.05, 4.69) is 35.7 Å².